The summed E-state index contributed by atoms with van der Waals surface area (Å²) >= 11 is 2.05. The Labute approximate surface area is 174 Å². The molecule has 0 atom stereocenters. The molecule has 1 N–H and O–H groups in total. The van der Waals surface area contributed by atoms with Crippen molar-refractivity contribution in [1.82, 2.24) is 15.1 Å². The van der Waals surface area contributed by atoms with E-state index < -0.39 is 0 Å². The number of nitrogens with one attached hydrogen (secondary N) is 1. The fourth-order valence-electron chi connectivity index (χ4n) is 2.97. The summed E-state index contributed by atoms with van der Waals surface area (Å²) in [6.45, 7) is 11.8. The van der Waals surface area contributed by atoms with Crippen LogP contribution >= 0.6 is 35.7 Å². The minimum absolute atomic E-state index is 0. The summed E-state index contributed by atoms with van der Waals surface area (Å²) in [5.74, 6) is 2.17. The number of halogens is 1. The van der Waals surface area contributed by atoms with Gasteiger partial charge in [0.1, 0.15) is 0 Å². The molecule has 1 aliphatic heterocycles. The normalized spacial score (nSPS) is 17.4. The maximum absolute atomic E-state index is 4.49. The highest BCUT2D eigenvalue weighted by Gasteiger charge is 2.28. The molecule has 25 heavy (non-hydrogen) atoms. The molecule has 4 nitrogen and oxygen atoms in total. The maximum Gasteiger partial charge on any atom is 0.193 e. The zero-order chi connectivity index (χ0) is 17.6. The fourth-order valence-corrected chi connectivity index (χ4v) is 4.08. The second-order valence-corrected chi connectivity index (χ2v) is 8.88. The van der Waals surface area contributed by atoms with E-state index in [1.165, 1.54) is 11.1 Å². The molecule has 0 aliphatic carbocycles. The van der Waals surface area contributed by atoms with E-state index in [1.807, 2.05) is 18.8 Å². The van der Waals surface area contributed by atoms with Crippen LogP contribution in [0.25, 0.3) is 0 Å². The molecule has 2 rings (SSSR count). The van der Waals surface area contributed by atoms with Gasteiger partial charge in [0.15, 0.2) is 5.96 Å². The van der Waals surface area contributed by atoms with Crippen LogP contribution in [-0.4, -0.2) is 60.0 Å². The lowest BCUT2D eigenvalue weighted by Gasteiger charge is -2.39. The lowest BCUT2D eigenvalue weighted by molar-refractivity contribution is 0.345. The van der Waals surface area contributed by atoms with Crippen LogP contribution in [-0.2, 0) is 13.1 Å². The third kappa shape index (κ3) is 7.35. The first-order valence-corrected chi connectivity index (χ1v) is 9.78. The van der Waals surface area contributed by atoms with E-state index in [9.17, 15) is 0 Å². The van der Waals surface area contributed by atoms with Gasteiger partial charge < -0.3 is 15.1 Å². The van der Waals surface area contributed by atoms with E-state index >= 15 is 0 Å². The zero-order valence-corrected chi connectivity index (χ0v) is 19.4. The molecule has 1 aliphatic rings. The second-order valence-electron chi connectivity index (χ2n) is 7.08. The van der Waals surface area contributed by atoms with Crippen molar-refractivity contribution in [3.63, 3.8) is 0 Å². The van der Waals surface area contributed by atoms with E-state index in [0.717, 1.165) is 44.4 Å². The summed E-state index contributed by atoms with van der Waals surface area (Å²) in [5.41, 5.74) is 2.67. The predicted octanol–water partition coefficient (Wildman–Crippen LogP) is 3.66. The summed E-state index contributed by atoms with van der Waals surface area (Å²) in [6.07, 6.45) is 0. The number of aliphatic imine (C=N–C) groups is 1. The highest BCUT2D eigenvalue weighted by atomic mass is 127. The maximum atomic E-state index is 4.49. The number of hydrogen-bond acceptors (Lipinski definition) is 3. The number of thioether (sulfide) groups is 1. The molecule has 1 heterocycles. The minimum atomic E-state index is 0. The molecule has 0 radical (unpaired) electrons. The standard InChI is InChI=1S/C19H32N4S.HI/c1-6-22(5)14-17-9-7-8-16(12-17)13-21-18(20-4)23-10-11-24-19(2,3)15-23;/h7-9,12H,6,10-11,13-15H2,1-5H3,(H,20,21);1H. The molecule has 1 saturated heterocycles. The Morgan fingerprint density at radius 3 is 2.72 bits per heavy atom. The highest BCUT2D eigenvalue weighted by Crippen LogP contribution is 2.29. The molecule has 0 saturated carbocycles. The summed E-state index contributed by atoms with van der Waals surface area (Å²) in [7, 11) is 4.03. The van der Waals surface area contributed by atoms with Gasteiger partial charge in [-0.2, -0.15) is 11.8 Å². The Hall–Kier alpha value is -0.470. The van der Waals surface area contributed by atoms with Gasteiger partial charge in [-0.1, -0.05) is 31.2 Å². The van der Waals surface area contributed by atoms with Crippen LogP contribution in [0.15, 0.2) is 29.3 Å². The van der Waals surface area contributed by atoms with Crippen molar-refractivity contribution in [1.29, 1.82) is 0 Å². The van der Waals surface area contributed by atoms with Gasteiger partial charge in [0.25, 0.3) is 0 Å². The van der Waals surface area contributed by atoms with Crippen molar-refractivity contribution in [2.45, 2.75) is 38.6 Å². The minimum Gasteiger partial charge on any atom is -0.352 e. The Morgan fingerprint density at radius 1 is 1.36 bits per heavy atom. The van der Waals surface area contributed by atoms with Gasteiger partial charge >= 0.3 is 0 Å². The highest BCUT2D eigenvalue weighted by molar-refractivity contribution is 14.0. The molecule has 6 heteroatoms. The van der Waals surface area contributed by atoms with Crippen LogP contribution in [0.5, 0.6) is 0 Å². The lowest BCUT2D eigenvalue weighted by atomic mass is 10.1. The topological polar surface area (TPSA) is 30.9 Å². The SMILES string of the molecule is CCN(C)Cc1cccc(CNC(=NC)N2CCSC(C)(C)C2)c1.I. The first-order valence-electron chi connectivity index (χ1n) is 8.79. The first-order chi connectivity index (χ1) is 11.4. The van der Waals surface area contributed by atoms with E-state index in [1.54, 1.807) is 0 Å². The van der Waals surface area contributed by atoms with Gasteiger partial charge in [-0.05, 0) is 38.6 Å². The van der Waals surface area contributed by atoms with Crippen molar-refractivity contribution >= 4 is 41.7 Å². The Bertz CT molecular complexity index is 562. The molecule has 1 aromatic carbocycles. The van der Waals surface area contributed by atoms with Gasteiger partial charge in [0.2, 0.25) is 0 Å². The summed E-state index contributed by atoms with van der Waals surface area (Å²) < 4.78 is 0.292. The lowest BCUT2D eigenvalue weighted by Crippen LogP contribution is -2.50. The van der Waals surface area contributed by atoms with Crippen molar-refractivity contribution < 1.29 is 0 Å². The quantitative estimate of drug-likeness (QED) is 0.399. The molecule has 142 valence electrons. The molecule has 1 aromatic rings. The summed E-state index contributed by atoms with van der Waals surface area (Å²) in [5, 5.41) is 3.54. The van der Waals surface area contributed by atoms with E-state index in [0.29, 0.717) is 4.75 Å². The van der Waals surface area contributed by atoms with E-state index in [2.05, 4.69) is 72.2 Å². The first kappa shape index (κ1) is 22.6. The summed E-state index contributed by atoms with van der Waals surface area (Å²) in [6, 6.07) is 8.84. The monoisotopic (exact) mass is 476 g/mol. The zero-order valence-electron chi connectivity index (χ0n) is 16.2. The van der Waals surface area contributed by atoms with Crippen LogP contribution in [0.2, 0.25) is 0 Å². The van der Waals surface area contributed by atoms with Crippen molar-refractivity contribution in [2.24, 2.45) is 4.99 Å². The Morgan fingerprint density at radius 2 is 2.08 bits per heavy atom. The third-order valence-corrected chi connectivity index (χ3v) is 5.67. The average Bonchev–Trinajstić information content (AvgIpc) is 2.55. The molecule has 0 spiro atoms. The number of guanidine groups is 1. The van der Waals surface area contributed by atoms with Crippen molar-refractivity contribution in [3.8, 4) is 0 Å². The van der Waals surface area contributed by atoms with Gasteiger partial charge in [0, 0.05) is 43.7 Å². The van der Waals surface area contributed by atoms with Crippen molar-refractivity contribution in [3.05, 3.63) is 35.4 Å². The van der Waals surface area contributed by atoms with Gasteiger partial charge in [-0.3, -0.25) is 4.99 Å². The van der Waals surface area contributed by atoms with Gasteiger partial charge in [-0.25, -0.2) is 0 Å². The molecule has 0 aromatic heterocycles. The van der Waals surface area contributed by atoms with Crippen LogP contribution in [0.4, 0.5) is 0 Å². The predicted molar refractivity (Wildman–Crippen MR) is 122 cm³/mol. The van der Waals surface area contributed by atoms with E-state index in [-0.39, 0.29) is 24.0 Å². The van der Waals surface area contributed by atoms with Crippen LogP contribution in [0.1, 0.15) is 31.9 Å². The number of benzene rings is 1. The second kappa shape index (κ2) is 10.6. The summed E-state index contributed by atoms with van der Waals surface area (Å²) in [4.78, 5) is 9.19. The molecule has 0 unspecified atom stereocenters. The molecular formula is C19H33IN4S. The largest absolute Gasteiger partial charge is 0.352 e. The molecular weight excluding hydrogens is 443 g/mol. The number of hydrogen-bond donors (Lipinski definition) is 1. The fraction of sp³-hybridized carbons (Fsp3) is 0.632. The molecule has 0 bridgehead atoms. The van der Waals surface area contributed by atoms with Crippen LogP contribution in [0.3, 0.4) is 0 Å². The number of rotatable bonds is 5. The van der Waals surface area contributed by atoms with Crippen LogP contribution in [0, 0.1) is 0 Å². The Balaban J connectivity index is 0.00000312. The van der Waals surface area contributed by atoms with Gasteiger partial charge in [0.05, 0.1) is 0 Å². The van der Waals surface area contributed by atoms with Crippen molar-refractivity contribution in [2.75, 3.05) is 39.5 Å². The average molecular weight is 476 g/mol. The third-order valence-electron chi connectivity index (χ3n) is 4.37. The van der Waals surface area contributed by atoms with Crippen LogP contribution < -0.4 is 5.32 Å². The molecule has 1 fully saturated rings. The number of nitrogens with zero attached hydrogens (tertiary/aromatic N) is 3. The van der Waals surface area contributed by atoms with E-state index in [4.69, 9.17) is 0 Å². The molecule has 0 amide bonds. The Kier molecular flexibility index (Phi) is 9.59. The van der Waals surface area contributed by atoms with Gasteiger partial charge in [-0.15, -0.1) is 24.0 Å². The smallest absolute Gasteiger partial charge is 0.193 e.